The number of hydrogen-bond acceptors (Lipinski definition) is 6. The van der Waals surface area contributed by atoms with Crippen molar-refractivity contribution in [1.29, 1.82) is 0 Å². The minimum Gasteiger partial charge on any atom is -0.483 e. The third-order valence-electron chi connectivity index (χ3n) is 4.20. The minimum absolute atomic E-state index is 0.181. The highest BCUT2D eigenvalue weighted by molar-refractivity contribution is 9.10. The molecule has 0 aliphatic heterocycles. The molecule has 7 nitrogen and oxygen atoms in total. The van der Waals surface area contributed by atoms with Crippen LogP contribution >= 0.6 is 15.9 Å². The first-order chi connectivity index (χ1) is 15.4. The summed E-state index contributed by atoms with van der Waals surface area (Å²) in [5, 5.41) is 3.94. The molecule has 0 fully saturated rings. The number of aryl methyl sites for hydroxylation is 2. The number of nitrogens with one attached hydrogen (secondary N) is 1. The molecule has 0 unspecified atom stereocenters. The van der Waals surface area contributed by atoms with Gasteiger partial charge in [-0.25, -0.2) is 10.2 Å². The van der Waals surface area contributed by atoms with Crippen LogP contribution < -0.4 is 14.9 Å². The smallest absolute Gasteiger partial charge is 0.336 e. The highest BCUT2D eigenvalue weighted by Gasteiger charge is 2.08. The van der Waals surface area contributed by atoms with Gasteiger partial charge in [-0.15, -0.1) is 0 Å². The fraction of sp³-hybridized carbons (Fsp3) is 0.125. The van der Waals surface area contributed by atoms with Gasteiger partial charge in [-0.3, -0.25) is 4.79 Å². The van der Waals surface area contributed by atoms with Crippen molar-refractivity contribution in [3.63, 3.8) is 0 Å². The summed E-state index contributed by atoms with van der Waals surface area (Å²) in [5.41, 5.74) is 4.88. The quantitative estimate of drug-likeness (QED) is 0.159. The zero-order valence-electron chi connectivity index (χ0n) is 17.5. The molecule has 2 aromatic carbocycles. The second-order valence-electron chi connectivity index (χ2n) is 6.80. The Balaban J connectivity index is 1.58. The molecule has 164 valence electrons. The van der Waals surface area contributed by atoms with Crippen LogP contribution in [0.1, 0.15) is 22.5 Å². The normalized spacial score (nSPS) is 11.1. The number of carbonyl (C=O) groups excluding carboxylic acids is 2. The van der Waals surface area contributed by atoms with E-state index in [1.165, 1.54) is 24.6 Å². The van der Waals surface area contributed by atoms with E-state index in [-0.39, 0.29) is 12.4 Å². The first-order valence-corrected chi connectivity index (χ1v) is 10.4. The van der Waals surface area contributed by atoms with Gasteiger partial charge in [0.15, 0.2) is 6.61 Å². The molecule has 1 aromatic heterocycles. The number of halogens is 1. The summed E-state index contributed by atoms with van der Waals surface area (Å²) in [7, 11) is 0. The molecule has 0 aliphatic carbocycles. The first-order valence-electron chi connectivity index (χ1n) is 9.65. The van der Waals surface area contributed by atoms with E-state index in [1.807, 2.05) is 32.0 Å². The summed E-state index contributed by atoms with van der Waals surface area (Å²) >= 11 is 3.37. The molecule has 3 aromatic rings. The van der Waals surface area contributed by atoms with Crippen LogP contribution in [0.4, 0.5) is 0 Å². The van der Waals surface area contributed by atoms with E-state index in [2.05, 4.69) is 26.5 Å². The number of hydrogen-bond donors (Lipinski definition) is 1. The molecular formula is C24H21BrN2O5. The largest absolute Gasteiger partial charge is 0.483 e. The summed E-state index contributed by atoms with van der Waals surface area (Å²) in [5.74, 6) is 0.464. The molecule has 1 amide bonds. The average Bonchev–Trinajstić information content (AvgIpc) is 3.28. The topological polar surface area (TPSA) is 90.1 Å². The van der Waals surface area contributed by atoms with Gasteiger partial charge in [0.1, 0.15) is 17.3 Å². The van der Waals surface area contributed by atoms with Crippen molar-refractivity contribution in [1.82, 2.24) is 5.43 Å². The molecule has 0 spiro atoms. The fourth-order valence-corrected chi connectivity index (χ4v) is 2.98. The number of ether oxygens (including phenoxy) is 2. The van der Waals surface area contributed by atoms with Crippen LogP contribution in [-0.4, -0.2) is 24.7 Å². The summed E-state index contributed by atoms with van der Waals surface area (Å²) in [6.07, 6.45) is 5.66. The molecule has 1 N–H and O–H groups in total. The van der Waals surface area contributed by atoms with Crippen LogP contribution in [0, 0.1) is 13.8 Å². The lowest BCUT2D eigenvalue weighted by Gasteiger charge is -2.09. The van der Waals surface area contributed by atoms with Crippen molar-refractivity contribution in [3.8, 4) is 11.5 Å². The van der Waals surface area contributed by atoms with Gasteiger partial charge in [0.25, 0.3) is 5.91 Å². The number of esters is 1. The molecular weight excluding hydrogens is 476 g/mol. The van der Waals surface area contributed by atoms with Gasteiger partial charge in [-0.1, -0.05) is 28.1 Å². The van der Waals surface area contributed by atoms with Gasteiger partial charge in [0.2, 0.25) is 0 Å². The standard InChI is InChI=1S/C24H21BrN2O5/c1-16-5-6-17(2)22(12-16)31-15-23(28)27-26-14-18-13-19(25)7-9-21(18)32-24(29)10-8-20-4-3-11-30-20/h3-14H,15H2,1-2H3,(H,27,28). The van der Waals surface area contributed by atoms with E-state index < -0.39 is 11.9 Å². The van der Waals surface area contributed by atoms with Crippen molar-refractivity contribution in [2.45, 2.75) is 13.8 Å². The molecule has 0 saturated carbocycles. The maximum Gasteiger partial charge on any atom is 0.336 e. The van der Waals surface area contributed by atoms with Crippen molar-refractivity contribution in [2.24, 2.45) is 5.10 Å². The number of nitrogens with zero attached hydrogens (tertiary/aromatic N) is 1. The predicted octanol–water partition coefficient (Wildman–Crippen LogP) is 4.81. The lowest BCUT2D eigenvalue weighted by atomic mass is 10.1. The van der Waals surface area contributed by atoms with Crippen molar-refractivity contribution in [2.75, 3.05) is 6.61 Å². The zero-order chi connectivity index (χ0) is 22.9. The van der Waals surface area contributed by atoms with Gasteiger partial charge in [0, 0.05) is 16.1 Å². The van der Waals surface area contributed by atoms with Gasteiger partial charge in [-0.05, 0) is 67.4 Å². The van der Waals surface area contributed by atoms with Crippen molar-refractivity contribution in [3.05, 3.63) is 87.8 Å². The number of amides is 1. The maximum absolute atomic E-state index is 12.1. The third-order valence-corrected chi connectivity index (χ3v) is 4.70. The number of rotatable bonds is 8. The summed E-state index contributed by atoms with van der Waals surface area (Å²) in [4.78, 5) is 24.2. The monoisotopic (exact) mass is 496 g/mol. The van der Waals surface area contributed by atoms with Crippen LogP contribution in [0.25, 0.3) is 6.08 Å². The Bertz CT molecular complexity index is 1150. The second-order valence-corrected chi connectivity index (χ2v) is 7.72. The van der Waals surface area contributed by atoms with E-state index >= 15 is 0 Å². The summed E-state index contributed by atoms with van der Waals surface area (Å²) < 4.78 is 16.8. The molecule has 3 rings (SSSR count). The molecule has 0 bridgehead atoms. The molecule has 0 aliphatic rings. The number of furan rings is 1. The third kappa shape index (κ3) is 6.95. The highest BCUT2D eigenvalue weighted by Crippen LogP contribution is 2.22. The van der Waals surface area contributed by atoms with E-state index in [9.17, 15) is 9.59 Å². The van der Waals surface area contributed by atoms with Gasteiger partial charge < -0.3 is 13.9 Å². The van der Waals surface area contributed by atoms with E-state index in [4.69, 9.17) is 13.9 Å². The first kappa shape index (κ1) is 23.0. The Labute approximate surface area is 193 Å². The van der Waals surface area contributed by atoms with Gasteiger partial charge >= 0.3 is 5.97 Å². The Morgan fingerprint density at radius 3 is 2.75 bits per heavy atom. The number of hydrazone groups is 1. The second kappa shape index (κ2) is 11.1. The average molecular weight is 497 g/mol. The number of carbonyl (C=O) groups is 2. The maximum atomic E-state index is 12.1. The Kier molecular flexibility index (Phi) is 7.99. The van der Waals surface area contributed by atoms with Crippen molar-refractivity contribution >= 4 is 40.1 Å². The molecule has 0 saturated heterocycles. The molecule has 1 heterocycles. The van der Waals surface area contributed by atoms with E-state index in [0.717, 1.165) is 15.6 Å². The Morgan fingerprint density at radius 2 is 1.97 bits per heavy atom. The van der Waals surface area contributed by atoms with E-state index in [0.29, 0.717) is 17.1 Å². The minimum atomic E-state index is -0.579. The Hall–Kier alpha value is -3.65. The molecule has 8 heteroatoms. The SMILES string of the molecule is Cc1ccc(C)c(OCC(=O)NN=Cc2cc(Br)ccc2OC(=O)C=Cc2ccco2)c1. The van der Waals surface area contributed by atoms with Crippen LogP contribution in [-0.2, 0) is 9.59 Å². The predicted molar refractivity (Wildman–Crippen MR) is 125 cm³/mol. The lowest BCUT2D eigenvalue weighted by molar-refractivity contribution is -0.129. The Morgan fingerprint density at radius 1 is 1.12 bits per heavy atom. The van der Waals surface area contributed by atoms with Crippen LogP contribution in [0.2, 0.25) is 0 Å². The molecule has 0 atom stereocenters. The summed E-state index contributed by atoms with van der Waals surface area (Å²) in [6, 6.07) is 14.3. The molecule has 32 heavy (non-hydrogen) atoms. The van der Waals surface area contributed by atoms with Crippen LogP contribution in [0.3, 0.4) is 0 Å². The van der Waals surface area contributed by atoms with Gasteiger partial charge in [0.05, 0.1) is 12.5 Å². The summed E-state index contributed by atoms with van der Waals surface area (Å²) in [6.45, 7) is 3.68. The van der Waals surface area contributed by atoms with E-state index in [1.54, 1.807) is 30.3 Å². The number of benzene rings is 2. The zero-order valence-corrected chi connectivity index (χ0v) is 19.1. The van der Waals surface area contributed by atoms with Crippen LogP contribution in [0.15, 0.2) is 74.9 Å². The molecule has 0 radical (unpaired) electrons. The van der Waals surface area contributed by atoms with Crippen LogP contribution in [0.5, 0.6) is 11.5 Å². The lowest BCUT2D eigenvalue weighted by Crippen LogP contribution is -2.24. The highest BCUT2D eigenvalue weighted by atomic mass is 79.9. The van der Waals surface area contributed by atoms with Gasteiger partial charge in [-0.2, -0.15) is 5.10 Å². The fourth-order valence-electron chi connectivity index (χ4n) is 2.60. The van der Waals surface area contributed by atoms with Crippen molar-refractivity contribution < 1.29 is 23.5 Å².